The normalized spacial score (nSPS) is 10.4. The molecule has 0 unspecified atom stereocenters. The van der Waals surface area contributed by atoms with Gasteiger partial charge in [0.25, 0.3) is 5.69 Å². The van der Waals surface area contributed by atoms with E-state index in [2.05, 4.69) is 27.3 Å². The van der Waals surface area contributed by atoms with Crippen LogP contribution in [-0.4, -0.2) is 11.5 Å². The van der Waals surface area contributed by atoms with Crippen LogP contribution in [0.15, 0.2) is 34.1 Å². The Balaban J connectivity index is 1.93. The number of nitrogens with one attached hydrogen (secondary N) is 1. The van der Waals surface area contributed by atoms with Gasteiger partial charge in [0, 0.05) is 23.2 Å². The van der Waals surface area contributed by atoms with Crippen LogP contribution in [0.25, 0.3) is 0 Å². The highest BCUT2D eigenvalue weighted by Crippen LogP contribution is 2.25. The van der Waals surface area contributed by atoms with E-state index in [0.29, 0.717) is 3.57 Å². The first kappa shape index (κ1) is 14.7. The molecule has 19 heavy (non-hydrogen) atoms. The minimum atomic E-state index is -0.366. The van der Waals surface area contributed by atoms with Crippen LogP contribution < -0.4 is 5.32 Å². The maximum absolute atomic E-state index is 10.7. The van der Waals surface area contributed by atoms with E-state index in [1.807, 2.05) is 28.7 Å². The van der Waals surface area contributed by atoms with Gasteiger partial charge in [0.1, 0.15) is 0 Å². The second-order valence-corrected chi connectivity index (χ2v) is 7.52. The molecule has 4 nitrogen and oxygen atoms in total. The van der Waals surface area contributed by atoms with Crippen molar-refractivity contribution in [2.45, 2.75) is 6.42 Å². The highest BCUT2D eigenvalue weighted by molar-refractivity contribution is 14.1. The summed E-state index contributed by atoms with van der Waals surface area (Å²) < 4.78 is 1.78. The Morgan fingerprint density at radius 2 is 2.16 bits per heavy atom. The highest BCUT2D eigenvalue weighted by Gasteiger charge is 2.11. The van der Waals surface area contributed by atoms with Gasteiger partial charge in [-0.2, -0.15) is 0 Å². The topological polar surface area (TPSA) is 55.2 Å². The fourth-order valence-corrected chi connectivity index (χ4v) is 3.78. The molecular formula is C12H10BrIN2O2S. The lowest BCUT2D eigenvalue weighted by Gasteiger charge is -2.06. The zero-order valence-electron chi connectivity index (χ0n) is 9.73. The Morgan fingerprint density at radius 3 is 2.74 bits per heavy atom. The fraction of sp³-hybridized carbons (Fsp3) is 0.167. The standard InChI is InChI=1S/C12H10BrIN2O2S/c13-12-4-2-9(19-12)5-6-15-8-1-3-11(16(17)18)10(14)7-8/h1-4,7,15H,5-6H2. The number of hydrogen-bond donors (Lipinski definition) is 1. The Kier molecular flexibility index (Phi) is 5.17. The lowest BCUT2D eigenvalue weighted by atomic mass is 10.2. The third kappa shape index (κ3) is 4.15. The molecule has 100 valence electrons. The number of rotatable bonds is 5. The van der Waals surface area contributed by atoms with Gasteiger partial charge < -0.3 is 5.32 Å². The molecule has 2 aromatic rings. The average Bonchev–Trinajstić information content (AvgIpc) is 2.75. The van der Waals surface area contributed by atoms with E-state index < -0.39 is 0 Å². The summed E-state index contributed by atoms with van der Waals surface area (Å²) in [6, 6.07) is 9.20. The molecule has 1 aromatic heterocycles. The van der Waals surface area contributed by atoms with Crippen LogP contribution >= 0.6 is 49.9 Å². The average molecular weight is 453 g/mol. The molecule has 1 aromatic carbocycles. The second-order valence-electron chi connectivity index (χ2n) is 3.81. The molecule has 7 heteroatoms. The van der Waals surface area contributed by atoms with Gasteiger partial charge in [-0.1, -0.05) is 0 Å². The summed E-state index contributed by atoms with van der Waals surface area (Å²) in [6.07, 6.45) is 0.934. The molecule has 0 radical (unpaired) electrons. The molecule has 0 aliphatic rings. The number of nitro groups is 1. The van der Waals surface area contributed by atoms with Gasteiger partial charge in [-0.25, -0.2) is 0 Å². The molecule has 1 heterocycles. The van der Waals surface area contributed by atoms with Crippen LogP contribution in [-0.2, 0) is 6.42 Å². The van der Waals surface area contributed by atoms with Gasteiger partial charge in [-0.05, 0) is 69.2 Å². The van der Waals surface area contributed by atoms with Crippen molar-refractivity contribution in [3.05, 3.63) is 52.7 Å². The van der Waals surface area contributed by atoms with Crippen molar-refractivity contribution in [1.82, 2.24) is 0 Å². The molecule has 0 saturated heterocycles. The van der Waals surface area contributed by atoms with Crippen molar-refractivity contribution in [3.63, 3.8) is 0 Å². The maximum Gasteiger partial charge on any atom is 0.282 e. The summed E-state index contributed by atoms with van der Waals surface area (Å²) in [5, 5.41) is 14.0. The predicted octanol–water partition coefficient (Wildman–Crippen LogP) is 4.68. The molecule has 1 N–H and O–H groups in total. The van der Waals surface area contributed by atoms with Gasteiger partial charge in [0.2, 0.25) is 0 Å². The highest BCUT2D eigenvalue weighted by atomic mass is 127. The van der Waals surface area contributed by atoms with E-state index in [1.165, 1.54) is 10.9 Å². The summed E-state index contributed by atoms with van der Waals surface area (Å²) in [5.41, 5.74) is 1.05. The van der Waals surface area contributed by atoms with Crippen molar-refractivity contribution in [2.75, 3.05) is 11.9 Å². The van der Waals surface area contributed by atoms with E-state index in [0.717, 1.165) is 22.4 Å². The van der Waals surface area contributed by atoms with Crippen LogP contribution in [0.4, 0.5) is 11.4 Å². The third-order valence-corrected chi connectivity index (χ3v) is 5.02. The number of nitrogens with zero attached hydrogens (tertiary/aromatic N) is 1. The zero-order chi connectivity index (χ0) is 13.8. The third-order valence-electron chi connectivity index (χ3n) is 2.47. The molecule has 0 aliphatic heterocycles. The van der Waals surface area contributed by atoms with Crippen LogP contribution in [0.5, 0.6) is 0 Å². The summed E-state index contributed by atoms with van der Waals surface area (Å²) in [4.78, 5) is 11.6. The van der Waals surface area contributed by atoms with Crippen molar-refractivity contribution < 1.29 is 4.92 Å². The molecule has 0 atom stereocenters. The monoisotopic (exact) mass is 452 g/mol. The minimum Gasteiger partial charge on any atom is -0.385 e. The SMILES string of the molecule is O=[N+]([O-])c1ccc(NCCc2ccc(Br)s2)cc1I. The van der Waals surface area contributed by atoms with Gasteiger partial charge in [0.15, 0.2) is 0 Å². The Hall–Kier alpha value is -0.670. The quantitative estimate of drug-likeness (QED) is 0.407. The molecule has 0 fully saturated rings. The number of nitro benzene ring substituents is 1. The number of halogens is 2. The summed E-state index contributed by atoms with van der Waals surface area (Å²) in [6.45, 7) is 0.806. The minimum absolute atomic E-state index is 0.147. The predicted molar refractivity (Wildman–Crippen MR) is 90.0 cm³/mol. The molecule has 0 amide bonds. The van der Waals surface area contributed by atoms with Gasteiger partial charge >= 0.3 is 0 Å². The zero-order valence-corrected chi connectivity index (χ0v) is 14.3. The first-order valence-corrected chi connectivity index (χ1v) is 8.17. The van der Waals surface area contributed by atoms with Crippen molar-refractivity contribution in [2.24, 2.45) is 0 Å². The molecule has 0 aliphatic carbocycles. The molecular weight excluding hydrogens is 443 g/mol. The molecule has 2 rings (SSSR count). The molecule has 0 spiro atoms. The lowest BCUT2D eigenvalue weighted by molar-refractivity contribution is -0.385. The van der Waals surface area contributed by atoms with E-state index in [4.69, 9.17) is 0 Å². The van der Waals surface area contributed by atoms with E-state index in [1.54, 1.807) is 23.5 Å². The van der Waals surface area contributed by atoms with Crippen LogP contribution in [0, 0.1) is 13.7 Å². The Morgan fingerprint density at radius 1 is 1.37 bits per heavy atom. The van der Waals surface area contributed by atoms with Gasteiger partial charge in [0.05, 0.1) is 12.3 Å². The van der Waals surface area contributed by atoms with E-state index in [9.17, 15) is 10.1 Å². The van der Waals surface area contributed by atoms with Gasteiger partial charge in [-0.15, -0.1) is 11.3 Å². The van der Waals surface area contributed by atoms with Crippen molar-refractivity contribution >= 4 is 61.2 Å². The number of benzene rings is 1. The first-order chi connectivity index (χ1) is 9.06. The Labute approximate surface area is 136 Å². The largest absolute Gasteiger partial charge is 0.385 e. The first-order valence-electron chi connectivity index (χ1n) is 5.48. The lowest BCUT2D eigenvalue weighted by Crippen LogP contribution is -2.04. The van der Waals surface area contributed by atoms with E-state index >= 15 is 0 Å². The molecule has 0 saturated carbocycles. The summed E-state index contributed by atoms with van der Waals surface area (Å²) in [7, 11) is 0. The summed E-state index contributed by atoms with van der Waals surface area (Å²) >= 11 is 7.13. The van der Waals surface area contributed by atoms with Gasteiger partial charge in [-0.3, -0.25) is 10.1 Å². The Bertz CT molecular complexity index is 603. The van der Waals surface area contributed by atoms with Crippen LogP contribution in [0.2, 0.25) is 0 Å². The van der Waals surface area contributed by atoms with Crippen LogP contribution in [0.1, 0.15) is 4.88 Å². The maximum atomic E-state index is 10.7. The smallest absolute Gasteiger partial charge is 0.282 e. The van der Waals surface area contributed by atoms with Crippen molar-refractivity contribution in [1.29, 1.82) is 0 Å². The number of anilines is 1. The number of thiophene rings is 1. The molecule has 0 bridgehead atoms. The number of hydrogen-bond acceptors (Lipinski definition) is 4. The van der Waals surface area contributed by atoms with E-state index in [-0.39, 0.29) is 10.6 Å². The second kappa shape index (κ2) is 6.67. The van der Waals surface area contributed by atoms with Crippen molar-refractivity contribution in [3.8, 4) is 0 Å². The summed E-state index contributed by atoms with van der Waals surface area (Å²) in [5.74, 6) is 0. The fourth-order valence-electron chi connectivity index (χ4n) is 1.58. The van der Waals surface area contributed by atoms with Crippen LogP contribution in [0.3, 0.4) is 0 Å².